The van der Waals surface area contributed by atoms with Gasteiger partial charge in [0.2, 0.25) is 0 Å². The molecule has 0 aliphatic rings. The van der Waals surface area contributed by atoms with E-state index >= 15 is 0 Å². The molecule has 0 unspecified atom stereocenters. The van der Waals surface area contributed by atoms with Crippen LogP contribution in [-0.2, 0) is 0 Å². The number of rotatable bonds is 2. The summed E-state index contributed by atoms with van der Waals surface area (Å²) in [6.07, 6.45) is 0. The highest BCUT2D eigenvalue weighted by atomic mass is 19.1. The van der Waals surface area contributed by atoms with Crippen molar-refractivity contribution in [3.05, 3.63) is 29.6 Å². The van der Waals surface area contributed by atoms with Crippen LogP contribution in [0.15, 0.2) is 18.2 Å². The number of nitrogens with zero attached hydrogens (tertiary/aromatic N) is 1. The highest BCUT2D eigenvalue weighted by Gasteiger charge is 2.10. The van der Waals surface area contributed by atoms with Gasteiger partial charge in [0, 0.05) is 6.07 Å². The monoisotopic (exact) mass is 194 g/mol. The number of halogens is 1. The first-order valence-corrected chi connectivity index (χ1v) is 3.79. The smallest absolute Gasteiger partial charge is 0.255 e. The molecule has 0 fully saturated rings. The summed E-state index contributed by atoms with van der Waals surface area (Å²) in [6, 6.07) is 4.75. The van der Waals surface area contributed by atoms with Crippen LogP contribution in [0.2, 0.25) is 0 Å². The molecule has 1 amide bonds. The third-order valence-corrected chi connectivity index (χ3v) is 1.53. The number of carbonyl (C=O) groups excluding carboxylic acids is 1. The molecule has 0 aromatic heterocycles. The van der Waals surface area contributed by atoms with Crippen molar-refractivity contribution in [2.75, 3.05) is 6.54 Å². The molecule has 0 heterocycles. The molecule has 0 saturated heterocycles. The van der Waals surface area contributed by atoms with Crippen LogP contribution in [0.25, 0.3) is 0 Å². The summed E-state index contributed by atoms with van der Waals surface area (Å²) in [4.78, 5) is 11.2. The number of carbonyl (C=O) groups is 1. The van der Waals surface area contributed by atoms with Gasteiger partial charge in [0.25, 0.3) is 5.91 Å². The summed E-state index contributed by atoms with van der Waals surface area (Å²) in [6.45, 7) is -0.157. The Morgan fingerprint density at radius 3 is 2.93 bits per heavy atom. The van der Waals surface area contributed by atoms with E-state index in [-0.39, 0.29) is 12.1 Å². The second-order valence-electron chi connectivity index (χ2n) is 2.50. The van der Waals surface area contributed by atoms with Gasteiger partial charge in [0.1, 0.15) is 18.1 Å². The van der Waals surface area contributed by atoms with Crippen molar-refractivity contribution in [2.45, 2.75) is 0 Å². The van der Waals surface area contributed by atoms with Gasteiger partial charge in [-0.1, -0.05) is 0 Å². The largest absolute Gasteiger partial charge is 0.507 e. The molecule has 5 heteroatoms. The second-order valence-corrected chi connectivity index (χ2v) is 2.50. The van der Waals surface area contributed by atoms with Crippen molar-refractivity contribution in [1.82, 2.24) is 5.32 Å². The number of amides is 1. The first-order chi connectivity index (χ1) is 6.65. The van der Waals surface area contributed by atoms with E-state index in [1.807, 2.05) is 0 Å². The minimum absolute atomic E-state index is 0.0540. The minimum atomic E-state index is -0.626. The topological polar surface area (TPSA) is 73.1 Å². The molecular formula is C9H7FN2O2. The summed E-state index contributed by atoms with van der Waals surface area (Å²) in [7, 11) is 0. The average Bonchev–Trinajstić information content (AvgIpc) is 2.14. The number of aromatic hydroxyl groups is 1. The quantitative estimate of drug-likeness (QED) is 0.683. The first kappa shape index (κ1) is 9.99. The number of hydrogen-bond acceptors (Lipinski definition) is 3. The van der Waals surface area contributed by atoms with Crippen LogP contribution in [0.5, 0.6) is 5.75 Å². The lowest BCUT2D eigenvalue weighted by Crippen LogP contribution is -2.23. The van der Waals surface area contributed by atoms with Crippen LogP contribution < -0.4 is 5.32 Å². The Bertz CT molecular complexity index is 398. The first-order valence-electron chi connectivity index (χ1n) is 3.79. The predicted molar refractivity (Wildman–Crippen MR) is 46.0 cm³/mol. The zero-order valence-corrected chi connectivity index (χ0v) is 7.12. The Labute approximate surface area is 79.6 Å². The third-order valence-electron chi connectivity index (χ3n) is 1.53. The molecule has 1 aromatic carbocycles. The fourth-order valence-corrected chi connectivity index (χ4v) is 0.912. The maximum atomic E-state index is 12.5. The van der Waals surface area contributed by atoms with Gasteiger partial charge in [-0.25, -0.2) is 4.39 Å². The molecule has 0 saturated carbocycles. The Morgan fingerprint density at radius 1 is 1.64 bits per heavy atom. The van der Waals surface area contributed by atoms with Gasteiger partial charge in [-0.2, -0.15) is 5.26 Å². The van der Waals surface area contributed by atoms with Crippen LogP contribution in [0.4, 0.5) is 4.39 Å². The Kier molecular flexibility index (Phi) is 3.02. The summed E-state index contributed by atoms with van der Waals surface area (Å²) in [5.41, 5.74) is -0.0540. The van der Waals surface area contributed by atoms with E-state index in [1.54, 1.807) is 6.07 Å². The van der Waals surface area contributed by atoms with Crippen molar-refractivity contribution in [1.29, 1.82) is 5.26 Å². The van der Waals surface area contributed by atoms with Gasteiger partial charge in [0.05, 0.1) is 11.6 Å². The highest BCUT2D eigenvalue weighted by molar-refractivity contribution is 5.96. The standard InChI is InChI=1S/C9H7FN2O2/c10-6-1-2-7(8(13)5-6)9(14)12-4-3-11/h1-2,5,13H,4H2,(H,12,14). The van der Waals surface area contributed by atoms with E-state index in [2.05, 4.69) is 5.32 Å². The molecule has 0 bridgehead atoms. The molecule has 4 nitrogen and oxygen atoms in total. The lowest BCUT2D eigenvalue weighted by molar-refractivity contribution is 0.0956. The van der Waals surface area contributed by atoms with Gasteiger partial charge >= 0.3 is 0 Å². The van der Waals surface area contributed by atoms with E-state index in [0.717, 1.165) is 18.2 Å². The van der Waals surface area contributed by atoms with Gasteiger partial charge in [-0.3, -0.25) is 4.79 Å². The van der Waals surface area contributed by atoms with E-state index in [1.165, 1.54) is 0 Å². The molecule has 0 aliphatic heterocycles. The van der Waals surface area contributed by atoms with Crippen molar-refractivity contribution in [3.63, 3.8) is 0 Å². The molecule has 0 aliphatic carbocycles. The number of nitrogens with one attached hydrogen (secondary N) is 1. The van der Waals surface area contributed by atoms with Gasteiger partial charge in [-0.05, 0) is 12.1 Å². The van der Waals surface area contributed by atoms with E-state index in [4.69, 9.17) is 5.26 Å². The number of hydrogen-bond donors (Lipinski definition) is 2. The average molecular weight is 194 g/mol. The van der Waals surface area contributed by atoms with Crippen molar-refractivity contribution >= 4 is 5.91 Å². The molecule has 2 N–H and O–H groups in total. The molecule has 0 radical (unpaired) electrons. The summed E-state index contributed by atoms with van der Waals surface area (Å²) in [5, 5.41) is 19.6. The molecule has 1 aromatic rings. The Morgan fingerprint density at radius 2 is 2.36 bits per heavy atom. The maximum absolute atomic E-state index is 12.5. The molecule has 14 heavy (non-hydrogen) atoms. The predicted octanol–water partition coefficient (Wildman–Crippen LogP) is 0.785. The number of benzene rings is 1. The Balaban J connectivity index is 2.86. The van der Waals surface area contributed by atoms with Crippen LogP contribution >= 0.6 is 0 Å². The molecule has 0 atom stereocenters. The SMILES string of the molecule is N#CCNC(=O)c1ccc(F)cc1O. The van der Waals surface area contributed by atoms with Crippen LogP contribution in [0.3, 0.4) is 0 Å². The molecule has 72 valence electrons. The van der Waals surface area contributed by atoms with Crippen LogP contribution in [0.1, 0.15) is 10.4 Å². The number of nitriles is 1. The zero-order chi connectivity index (χ0) is 10.6. The van der Waals surface area contributed by atoms with Gasteiger partial charge < -0.3 is 10.4 Å². The minimum Gasteiger partial charge on any atom is -0.507 e. The van der Waals surface area contributed by atoms with E-state index in [9.17, 15) is 14.3 Å². The van der Waals surface area contributed by atoms with Crippen molar-refractivity contribution in [2.24, 2.45) is 0 Å². The van der Waals surface area contributed by atoms with Gasteiger partial charge in [0.15, 0.2) is 0 Å². The van der Waals surface area contributed by atoms with Crippen molar-refractivity contribution in [3.8, 4) is 11.8 Å². The van der Waals surface area contributed by atoms with Crippen LogP contribution in [0, 0.1) is 17.1 Å². The van der Waals surface area contributed by atoms with E-state index < -0.39 is 17.5 Å². The maximum Gasteiger partial charge on any atom is 0.255 e. The zero-order valence-electron chi connectivity index (χ0n) is 7.12. The van der Waals surface area contributed by atoms with E-state index in [0.29, 0.717) is 0 Å². The third kappa shape index (κ3) is 2.20. The fourth-order valence-electron chi connectivity index (χ4n) is 0.912. The lowest BCUT2D eigenvalue weighted by atomic mass is 10.2. The molecule has 1 rings (SSSR count). The van der Waals surface area contributed by atoms with Gasteiger partial charge in [-0.15, -0.1) is 0 Å². The molecular weight excluding hydrogens is 187 g/mol. The normalized spacial score (nSPS) is 9.14. The summed E-state index contributed by atoms with van der Waals surface area (Å²) in [5.74, 6) is -1.68. The molecule has 0 spiro atoms. The second kappa shape index (κ2) is 4.23. The fraction of sp³-hybridized carbons (Fsp3) is 0.111. The Hall–Kier alpha value is -2.09. The number of phenols is 1. The summed E-state index contributed by atoms with van der Waals surface area (Å²) < 4.78 is 12.5. The number of phenolic OH excluding ortho intramolecular Hbond substituents is 1. The van der Waals surface area contributed by atoms with Crippen molar-refractivity contribution < 1.29 is 14.3 Å². The summed E-state index contributed by atoms with van der Waals surface area (Å²) >= 11 is 0. The highest BCUT2D eigenvalue weighted by Crippen LogP contribution is 2.17. The van der Waals surface area contributed by atoms with Crippen LogP contribution in [-0.4, -0.2) is 17.6 Å². The lowest BCUT2D eigenvalue weighted by Gasteiger charge is -2.03.